The molecule has 1 fully saturated rings. The van der Waals surface area contributed by atoms with Crippen LogP contribution in [0.25, 0.3) is 0 Å². The third-order valence-corrected chi connectivity index (χ3v) is 4.14. The number of carbonyl (C=O) groups excluding carboxylic acids is 1. The average Bonchev–Trinajstić information content (AvgIpc) is 2.45. The summed E-state index contributed by atoms with van der Waals surface area (Å²) >= 11 is 0. The molecule has 4 heteroatoms. The largest absolute Gasteiger partial charge is 0.459 e. The highest BCUT2D eigenvalue weighted by Gasteiger charge is 2.36. The summed E-state index contributed by atoms with van der Waals surface area (Å²) in [6.45, 7) is 9.77. The molecule has 2 rings (SSSR count). The number of rotatable bonds is 6. The quantitative estimate of drug-likeness (QED) is 0.729. The highest BCUT2D eigenvalue weighted by Crippen LogP contribution is 2.30. The summed E-state index contributed by atoms with van der Waals surface area (Å²) in [4.78, 5) is 12.4. The Balaban J connectivity index is 1.89. The van der Waals surface area contributed by atoms with E-state index in [1.807, 2.05) is 58.0 Å². The fraction of sp³-hybridized carbons (Fsp3) is 0.650. The lowest BCUT2D eigenvalue weighted by atomic mass is 9.98. The molecule has 0 spiro atoms. The number of hydrogen-bond donors (Lipinski definition) is 0. The van der Waals surface area contributed by atoms with Gasteiger partial charge in [-0.15, -0.1) is 0 Å². The molecule has 1 heterocycles. The molecule has 0 unspecified atom stereocenters. The van der Waals surface area contributed by atoms with Crippen LogP contribution in [-0.4, -0.2) is 29.6 Å². The van der Waals surface area contributed by atoms with Crippen LogP contribution in [0.3, 0.4) is 0 Å². The third kappa shape index (κ3) is 5.91. The van der Waals surface area contributed by atoms with Gasteiger partial charge in [-0.25, -0.2) is 0 Å². The topological polar surface area (TPSA) is 44.8 Å². The summed E-state index contributed by atoms with van der Waals surface area (Å²) in [5.74, 6) is -0.864. The maximum Gasteiger partial charge on any atom is 0.308 e. The average molecular weight is 334 g/mol. The van der Waals surface area contributed by atoms with E-state index >= 15 is 0 Å². The second kappa shape index (κ2) is 7.66. The van der Waals surface area contributed by atoms with E-state index in [0.29, 0.717) is 6.42 Å². The summed E-state index contributed by atoms with van der Waals surface area (Å²) in [6.07, 6.45) is 2.58. The minimum absolute atomic E-state index is 0.129. The minimum Gasteiger partial charge on any atom is -0.459 e. The Hall–Kier alpha value is -1.39. The molecule has 2 atom stereocenters. The first-order chi connectivity index (χ1) is 11.2. The Morgan fingerprint density at radius 2 is 1.83 bits per heavy atom. The molecule has 4 nitrogen and oxygen atoms in total. The molecule has 0 amide bonds. The van der Waals surface area contributed by atoms with Crippen molar-refractivity contribution in [1.29, 1.82) is 0 Å². The van der Waals surface area contributed by atoms with Gasteiger partial charge in [0.2, 0.25) is 0 Å². The molecule has 0 bridgehead atoms. The van der Waals surface area contributed by atoms with Crippen molar-refractivity contribution >= 4 is 5.97 Å². The number of carbonyl (C=O) groups is 1. The van der Waals surface area contributed by atoms with Crippen LogP contribution in [-0.2, 0) is 25.4 Å². The number of esters is 1. The minimum atomic E-state index is -0.649. The van der Waals surface area contributed by atoms with Crippen LogP contribution in [0.5, 0.6) is 0 Å². The molecule has 0 aliphatic carbocycles. The van der Waals surface area contributed by atoms with Crippen molar-refractivity contribution in [2.75, 3.05) is 0 Å². The van der Waals surface area contributed by atoms with Crippen LogP contribution in [0, 0.1) is 0 Å². The highest BCUT2D eigenvalue weighted by molar-refractivity contribution is 5.70. The zero-order chi connectivity index (χ0) is 17.8. The zero-order valence-electron chi connectivity index (χ0n) is 15.5. The fourth-order valence-corrected chi connectivity index (χ4v) is 3.25. The highest BCUT2D eigenvalue weighted by atomic mass is 16.7. The van der Waals surface area contributed by atoms with E-state index in [2.05, 4.69) is 6.92 Å². The molecular formula is C20H30O4. The standard InChI is InChI=1S/C20H30O4/c1-6-16-12-17(23-20(4,5)22-16)13-18(21)24-19(2,3)14-15-10-8-7-9-11-15/h7-11,16-17H,6,12-14H2,1-5H3/t16-,17-/m1/s1. The van der Waals surface area contributed by atoms with E-state index < -0.39 is 11.4 Å². The predicted octanol–water partition coefficient (Wildman–Crippen LogP) is 4.26. The molecule has 134 valence electrons. The second-order valence-electron chi connectivity index (χ2n) is 7.62. The van der Waals surface area contributed by atoms with Crippen molar-refractivity contribution in [2.24, 2.45) is 0 Å². The Morgan fingerprint density at radius 3 is 2.46 bits per heavy atom. The summed E-state index contributed by atoms with van der Waals surface area (Å²) in [7, 11) is 0. The summed E-state index contributed by atoms with van der Waals surface area (Å²) < 4.78 is 17.4. The third-order valence-electron chi connectivity index (χ3n) is 4.14. The number of benzene rings is 1. The predicted molar refractivity (Wildman–Crippen MR) is 93.7 cm³/mol. The van der Waals surface area contributed by atoms with E-state index in [1.165, 1.54) is 0 Å². The van der Waals surface area contributed by atoms with Crippen molar-refractivity contribution in [1.82, 2.24) is 0 Å². The van der Waals surface area contributed by atoms with Gasteiger partial charge in [0.05, 0.1) is 18.6 Å². The first kappa shape index (κ1) is 18.9. The van der Waals surface area contributed by atoms with Gasteiger partial charge in [0.25, 0.3) is 0 Å². The van der Waals surface area contributed by atoms with Crippen LogP contribution in [0.15, 0.2) is 30.3 Å². The van der Waals surface area contributed by atoms with E-state index in [4.69, 9.17) is 14.2 Å². The summed E-state index contributed by atoms with van der Waals surface area (Å²) in [6, 6.07) is 10.1. The normalized spacial score (nSPS) is 23.7. The Kier molecular flexibility index (Phi) is 6.05. The van der Waals surface area contributed by atoms with Crippen molar-refractivity contribution in [2.45, 2.75) is 83.9 Å². The maximum atomic E-state index is 12.4. The lowest BCUT2D eigenvalue weighted by Crippen LogP contribution is -2.45. The van der Waals surface area contributed by atoms with Crippen LogP contribution >= 0.6 is 0 Å². The van der Waals surface area contributed by atoms with Crippen molar-refractivity contribution in [3.8, 4) is 0 Å². The van der Waals surface area contributed by atoms with Crippen LogP contribution < -0.4 is 0 Å². The molecule has 0 radical (unpaired) electrons. The summed E-state index contributed by atoms with van der Waals surface area (Å²) in [5, 5.41) is 0. The van der Waals surface area contributed by atoms with Crippen molar-refractivity contribution < 1.29 is 19.0 Å². The van der Waals surface area contributed by atoms with Crippen LogP contribution in [0.1, 0.15) is 59.4 Å². The van der Waals surface area contributed by atoms with E-state index in [0.717, 1.165) is 18.4 Å². The van der Waals surface area contributed by atoms with Crippen LogP contribution in [0.2, 0.25) is 0 Å². The maximum absolute atomic E-state index is 12.4. The Labute approximate surface area is 145 Å². The number of hydrogen-bond acceptors (Lipinski definition) is 4. The molecule has 1 aliphatic heterocycles. The molecule has 1 aromatic carbocycles. The second-order valence-corrected chi connectivity index (χ2v) is 7.62. The van der Waals surface area contributed by atoms with Gasteiger partial charge in [-0.2, -0.15) is 0 Å². The molecule has 1 aromatic rings. The molecule has 24 heavy (non-hydrogen) atoms. The van der Waals surface area contributed by atoms with Gasteiger partial charge >= 0.3 is 5.97 Å². The van der Waals surface area contributed by atoms with Crippen molar-refractivity contribution in [3.05, 3.63) is 35.9 Å². The SMILES string of the molecule is CC[C@@H]1C[C@H](CC(=O)OC(C)(C)Cc2ccccc2)OC(C)(C)O1. The molecule has 0 saturated carbocycles. The van der Waals surface area contributed by atoms with Gasteiger partial charge in [0.1, 0.15) is 5.60 Å². The fourth-order valence-electron chi connectivity index (χ4n) is 3.25. The molecular weight excluding hydrogens is 304 g/mol. The van der Waals surface area contributed by atoms with Gasteiger partial charge in [0, 0.05) is 12.8 Å². The Bertz CT molecular complexity index is 536. The molecule has 1 saturated heterocycles. The zero-order valence-corrected chi connectivity index (χ0v) is 15.5. The summed E-state index contributed by atoms with van der Waals surface area (Å²) in [5.41, 5.74) is 0.619. The van der Waals surface area contributed by atoms with E-state index in [9.17, 15) is 4.79 Å². The van der Waals surface area contributed by atoms with Gasteiger partial charge in [-0.3, -0.25) is 4.79 Å². The molecule has 1 aliphatic rings. The van der Waals surface area contributed by atoms with Gasteiger partial charge in [-0.05, 0) is 39.7 Å². The van der Waals surface area contributed by atoms with Gasteiger partial charge in [-0.1, -0.05) is 37.3 Å². The first-order valence-electron chi connectivity index (χ1n) is 8.80. The van der Waals surface area contributed by atoms with Gasteiger partial charge < -0.3 is 14.2 Å². The first-order valence-corrected chi connectivity index (χ1v) is 8.80. The van der Waals surface area contributed by atoms with Crippen LogP contribution in [0.4, 0.5) is 0 Å². The van der Waals surface area contributed by atoms with Gasteiger partial charge in [0.15, 0.2) is 5.79 Å². The smallest absolute Gasteiger partial charge is 0.308 e. The van der Waals surface area contributed by atoms with Crippen molar-refractivity contribution in [3.63, 3.8) is 0 Å². The monoisotopic (exact) mass is 334 g/mol. The molecule has 0 N–H and O–H groups in total. The molecule has 0 aromatic heterocycles. The lowest BCUT2D eigenvalue weighted by Gasteiger charge is -2.40. The number of ether oxygens (including phenoxy) is 3. The Morgan fingerprint density at radius 1 is 1.21 bits per heavy atom. The van der Waals surface area contributed by atoms with E-state index in [1.54, 1.807) is 0 Å². The lowest BCUT2D eigenvalue weighted by molar-refractivity contribution is -0.300. The van der Waals surface area contributed by atoms with E-state index in [-0.39, 0.29) is 24.6 Å².